The maximum atomic E-state index is 12.8. The maximum absolute atomic E-state index is 12.8. The van der Waals surface area contributed by atoms with Crippen molar-refractivity contribution in [3.63, 3.8) is 0 Å². The summed E-state index contributed by atoms with van der Waals surface area (Å²) in [6.07, 6.45) is 0.750. The van der Waals surface area contributed by atoms with Gasteiger partial charge in [-0.1, -0.05) is 19.1 Å². The van der Waals surface area contributed by atoms with Crippen LogP contribution in [0.3, 0.4) is 0 Å². The number of nitrogens with zero attached hydrogens (tertiary/aromatic N) is 4. The van der Waals surface area contributed by atoms with Crippen molar-refractivity contribution in [2.45, 2.75) is 33.7 Å². The van der Waals surface area contributed by atoms with Gasteiger partial charge in [0.15, 0.2) is 0 Å². The highest BCUT2D eigenvalue weighted by Crippen LogP contribution is 2.16. The van der Waals surface area contributed by atoms with Crippen LogP contribution in [0.25, 0.3) is 0 Å². The molecule has 0 bridgehead atoms. The number of nitriles is 1. The van der Waals surface area contributed by atoms with Gasteiger partial charge >= 0.3 is 0 Å². The number of hydrogen-bond donors (Lipinski definition) is 0. The van der Waals surface area contributed by atoms with E-state index in [9.17, 15) is 9.59 Å². The lowest BCUT2D eigenvalue weighted by atomic mass is 10.1. The molecule has 0 aliphatic heterocycles. The Bertz CT molecular complexity index is 828. The van der Waals surface area contributed by atoms with E-state index in [4.69, 9.17) is 5.26 Å². The lowest BCUT2D eigenvalue weighted by Gasteiger charge is -2.21. The van der Waals surface area contributed by atoms with Crippen molar-refractivity contribution in [1.29, 1.82) is 5.26 Å². The standard InChI is InChI=1S/C19H22N4O2/c1-5-10-23(12-16-8-6-15(11-20)7-9-16)19(25)18(24)17-13(2)21-22(4)14(17)3/h6-9H,5,10,12H2,1-4H3. The number of carbonyl (C=O) groups excluding carboxylic acids is 2. The van der Waals surface area contributed by atoms with Gasteiger partial charge in [-0.3, -0.25) is 14.3 Å². The van der Waals surface area contributed by atoms with Crippen molar-refractivity contribution >= 4 is 11.7 Å². The number of aryl methyl sites for hydroxylation is 2. The van der Waals surface area contributed by atoms with Crippen LogP contribution in [0.4, 0.5) is 0 Å². The van der Waals surface area contributed by atoms with E-state index in [-0.39, 0.29) is 0 Å². The third-order valence-corrected chi connectivity index (χ3v) is 4.17. The summed E-state index contributed by atoms with van der Waals surface area (Å²) in [6, 6.07) is 9.10. The second kappa shape index (κ2) is 7.75. The normalized spacial score (nSPS) is 10.4. The summed E-state index contributed by atoms with van der Waals surface area (Å²) in [4.78, 5) is 27.0. The molecule has 130 valence electrons. The molecule has 0 radical (unpaired) electrons. The Hall–Kier alpha value is -2.94. The molecule has 0 aliphatic carbocycles. The molecule has 1 aromatic heterocycles. The molecule has 0 spiro atoms. The molecule has 0 saturated carbocycles. The van der Waals surface area contributed by atoms with E-state index in [0.717, 1.165) is 12.0 Å². The first-order valence-corrected chi connectivity index (χ1v) is 8.21. The molecule has 6 nitrogen and oxygen atoms in total. The van der Waals surface area contributed by atoms with Crippen molar-refractivity contribution in [1.82, 2.24) is 14.7 Å². The predicted octanol–water partition coefficient (Wildman–Crippen LogP) is 2.53. The molecule has 1 heterocycles. The van der Waals surface area contributed by atoms with Crippen LogP contribution >= 0.6 is 0 Å². The molecule has 2 aromatic rings. The molecule has 0 saturated heterocycles. The highest BCUT2D eigenvalue weighted by atomic mass is 16.2. The molecule has 25 heavy (non-hydrogen) atoms. The fourth-order valence-electron chi connectivity index (χ4n) is 2.78. The minimum atomic E-state index is -0.523. The van der Waals surface area contributed by atoms with E-state index in [1.807, 2.05) is 6.92 Å². The van der Waals surface area contributed by atoms with E-state index in [0.29, 0.717) is 35.6 Å². The summed E-state index contributed by atoms with van der Waals surface area (Å²) in [5.74, 6) is -1.05. The smallest absolute Gasteiger partial charge is 0.295 e. The highest BCUT2D eigenvalue weighted by Gasteiger charge is 2.27. The molecule has 0 fully saturated rings. The average molecular weight is 338 g/mol. The molecule has 1 aromatic carbocycles. The van der Waals surface area contributed by atoms with Crippen LogP contribution in [0.5, 0.6) is 0 Å². The maximum Gasteiger partial charge on any atom is 0.295 e. The van der Waals surface area contributed by atoms with Crippen molar-refractivity contribution < 1.29 is 9.59 Å². The van der Waals surface area contributed by atoms with Gasteiger partial charge in [-0.05, 0) is 38.0 Å². The summed E-state index contributed by atoms with van der Waals surface area (Å²) in [6.45, 7) is 6.30. The average Bonchev–Trinajstić information content (AvgIpc) is 2.86. The minimum Gasteiger partial charge on any atom is -0.331 e. The first-order chi connectivity index (χ1) is 11.9. The van der Waals surface area contributed by atoms with Crippen LogP contribution in [0.1, 0.15) is 46.2 Å². The third-order valence-electron chi connectivity index (χ3n) is 4.17. The Morgan fingerprint density at radius 1 is 1.24 bits per heavy atom. The van der Waals surface area contributed by atoms with E-state index >= 15 is 0 Å². The van der Waals surface area contributed by atoms with Gasteiger partial charge in [-0.15, -0.1) is 0 Å². The minimum absolute atomic E-state index is 0.336. The quantitative estimate of drug-likeness (QED) is 0.599. The molecule has 0 atom stereocenters. The van der Waals surface area contributed by atoms with Gasteiger partial charge in [0.1, 0.15) is 0 Å². The summed E-state index contributed by atoms with van der Waals surface area (Å²) in [5, 5.41) is 13.1. The fraction of sp³-hybridized carbons (Fsp3) is 0.368. The second-order valence-electron chi connectivity index (χ2n) is 6.03. The Balaban J connectivity index is 2.24. The predicted molar refractivity (Wildman–Crippen MR) is 93.9 cm³/mol. The number of ketones is 1. The molecule has 0 N–H and O–H groups in total. The van der Waals surface area contributed by atoms with Crippen molar-refractivity contribution in [3.05, 3.63) is 52.3 Å². The third kappa shape index (κ3) is 3.94. The summed E-state index contributed by atoms with van der Waals surface area (Å²) in [5.41, 5.74) is 3.08. The van der Waals surface area contributed by atoms with Crippen LogP contribution in [0.2, 0.25) is 0 Å². The van der Waals surface area contributed by atoms with Crippen molar-refractivity contribution in [2.75, 3.05) is 6.54 Å². The van der Waals surface area contributed by atoms with E-state index < -0.39 is 11.7 Å². The monoisotopic (exact) mass is 338 g/mol. The number of carbonyl (C=O) groups is 2. The zero-order valence-corrected chi connectivity index (χ0v) is 15.0. The van der Waals surface area contributed by atoms with Gasteiger partial charge in [0.2, 0.25) is 0 Å². The number of Topliss-reactive ketones (excluding diaryl/α,β-unsaturated/α-hetero) is 1. The summed E-state index contributed by atoms with van der Waals surface area (Å²) < 4.78 is 1.61. The molecular weight excluding hydrogens is 316 g/mol. The lowest BCUT2D eigenvalue weighted by molar-refractivity contribution is -0.127. The first-order valence-electron chi connectivity index (χ1n) is 8.21. The summed E-state index contributed by atoms with van der Waals surface area (Å²) >= 11 is 0. The molecule has 1 amide bonds. The van der Waals surface area contributed by atoms with Gasteiger partial charge < -0.3 is 4.90 Å². The Kier molecular flexibility index (Phi) is 5.71. The lowest BCUT2D eigenvalue weighted by Crippen LogP contribution is -2.37. The highest BCUT2D eigenvalue weighted by molar-refractivity contribution is 6.43. The second-order valence-corrected chi connectivity index (χ2v) is 6.03. The van der Waals surface area contributed by atoms with Gasteiger partial charge in [0.05, 0.1) is 22.9 Å². The molecule has 2 rings (SSSR count). The molecule has 6 heteroatoms. The van der Waals surface area contributed by atoms with Crippen LogP contribution in [0, 0.1) is 25.2 Å². The number of rotatable bonds is 6. The Morgan fingerprint density at radius 2 is 1.88 bits per heavy atom. The molecule has 0 unspecified atom stereocenters. The van der Waals surface area contributed by atoms with Crippen LogP contribution < -0.4 is 0 Å². The Morgan fingerprint density at radius 3 is 2.36 bits per heavy atom. The zero-order valence-electron chi connectivity index (χ0n) is 15.0. The first kappa shape index (κ1) is 18.4. The topological polar surface area (TPSA) is 79.0 Å². The zero-order chi connectivity index (χ0) is 18.6. The van der Waals surface area contributed by atoms with Crippen LogP contribution in [0.15, 0.2) is 24.3 Å². The van der Waals surface area contributed by atoms with Crippen LogP contribution in [-0.4, -0.2) is 32.9 Å². The van der Waals surface area contributed by atoms with Gasteiger partial charge in [-0.2, -0.15) is 10.4 Å². The van der Waals surface area contributed by atoms with E-state index in [1.54, 1.807) is 54.7 Å². The van der Waals surface area contributed by atoms with Gasteiger partial charge in [-0.25, -0.2) is 0 Å². The molecular formula is C19H22N4O2. The Labute approximate surface area is 147 Å². The largest absolute Gasteiger partial charge is 0.331 e. The number of hydrogen-bond acceptors (Lipinski definition) is 4. The summed E-state index contributed by atoms with van der Waals surface area (Å²) in [7, 11) is 1.75. The van der Waals surface area contributed by atoms with Crippen molar-refractivity contribution in [3.8, 4) is 6.07 Å². The van der Waals surface area contributed by atoms with E-state index in [2.05, 4.69) is 11.2 Å². The fourth-order valence-corrected chi connectivity index (χ4v) is 2.78. The SMILES string of the molecule is CCCN(Cc1ccc(C#N)cc1)C(=O)C(=O)c1c(C)nn(C)c1C. The van der Waals surface area contributed by atoms with Gasteiger partial charge in [0.25, 0.3) is 11.7 Å². The van der Waals surface area contributed by atoms with Crippen LogP contribution in [-0.2, 0) is 18.4 Å². The number of benzene rings is 1. The van der Waals surface area contributed by atoms with Gasteiger partial charge in [0, 0.05) is 25.8 Å². The number of amides is 1. The van der Waals surface area contributed by atoms with Crippen molar-refractivity contribution in [2.24, 2.45) is 7.05 Å². The van der Waals surface area contributed by atoms with E-state index in [1.165, 1.54) is 0 Å². The number of aromatic nitrogens is 2. The molecule has 0 aliphatic rings.